The van der Waals surface area contributed by atoms with E-state index in [9.17, 15) is 0 Å². The molecular weight excluding hydrogens is 302 g/mol. The van der Waals surface area contributed by atoms with Gasteiger partial charge in [-0.15, -0.1) is 11.3 Å². The number of unbranched alkanes of at least 4 members (excludes halogenated alkanes) is 3. The van der Waals surface area contributed by atoms with Crippen LogP contribution in [-0.2, 0) is 6.54 Å². The molecule has 0 spiro atoms. The molecule has 0 saturated heterocycles. The van der Waals surface area contributed by atoms with Crippen molar-refractivity contribution in [1.29, 1.82) is 0 Å². The largest absolute Gasteiger partial charge is 0.312 e. The van der Waals surface area contributed by atoms with E-state index < -0.39 is 0 Å². The van der Waals surface area contributed by atoms with E-state index in [1.807, 2.05) is 23.1 Å². The van der Waals surface area contributed by atoms with Gasteiger partial charge in [-0.1, -0.05) is 12.8 Å². The third-order valence-corrected chi connectivity index (χ3v) is 4.77. The number of hydrogen-bond donors (Lipinski definition) is 1. The lowest BCUT2D eigenvalue weighted by Gasteiger charge is -2.02. The number of nitrogens with one attached hydrogen (secondary N) is 1. The second-order valence-corrected chi connectivity index (χ2v) is 6.71. The van der Waals surface area contributed by atoms with Gasteiger partial charge in [0.05, 0.1) is 0 Å². The molecule has 0 radical (unpaired) electrons. The van der Waals surface area contributed by atoms with Crippen molar-refractivity contribution >= 4 is 39.0 Å². The van der Waals surface area contributed by atoms with Crippen LogP contribution < -0.4 is 5.32 Å². The molecule has 0 aromatic carbocycles. The summed E-state index contributed by atoms with van der Waals surface area (Å²) >= 11 is 7.23. The Hall–Kier alpha value is 0.490. The molecule has 1 aromatic rings. The average Bonchev–Trinajstić information content (AvgIpc) is 2.68. The Morgan fingerprint density at radius 1 is 1.31 bits per heavy atom. The van der Waals surface area contributed by atoms with Crippen LogP contribution in [0, 0.1) is 0 Å². The number of hydrogen-bond acceptors (Lipinski definition) is 3. The van der Waals surface area contributed by atoms with Crippen LogP contribution in [0.5, 0.6) is 0 Å². The first kappa shape index (κ1) is 14.6. The van der Waals surface area contributed by atoms with Crippen LogP contribution in [0.2, 0.25) is 0 Å². The van der Waals surface area contributed by atoms with Crippen molar-refractivity contribution in [1.82, 2.24) is 5.32 Å². The van der Waals surface area contributed by atoms with Crippen molar-refractivity contribution in [2.24, 2.45) is 0 Å². The summed E-state index contributed by atoms with van der Waals surface area (Å²) in [5.41, 5.74) is 0. The van der Waals surface area contributed by atoms with Crippen molar-refractivity contribution in [3.05, 3.63) is 20.8 Å². The summed E-state index contributed by atoms with van der Waals surface area (Å²) < 4.78 is 1.20. The van der Waals surface area contributed by atoms with Crippen LogP contribution in [0.25, 0.3) is 0 Å². The standard InChI is InChI=1S/C12H20BrNS2/c1-15-7-5-3-2-4-6-14-9-12-8-11(13)10-16-12/h8,10,14H,2-7,9H2,1H3. The molecule has 1 heterocycles. The molecule has 16 heavy (non-hydrogen) atoms. The van der Waals surface area contributed by atoms with Gasteiger partial charge >= 0.3 is 0 Å². The zero-order valence-corrected chi connectivity index (χ0v) is 13.0. The molecular formula is C12H20BrNS2. The highest BCUT2D eigenvalue weighted by Crippen LogP contribution is 2.19. The van der Waals surface area contributed by atoms with E-state index in [-0.39, 0.29) is 0 Å². The zero-order chi connectivity index (χ0) is 11.6. The monoisotopic (exact) mass is 321 g/mol. The molecule has 1 N–H and O–H groups in total. The molecule has 0 aliphatic heterocycles. The normalized spacial score (nSPS) is 10.9. The number of thiophene rings is 1. The van der Waals surface area contributed by atoms with Crippen LogP contribution in [-0.4, -0.2) is 18.6 Å². The van der Waals surface area contributed by atoms with Gasteiger partial charge in [-0.25, -0.2) is 0 Å². The van der Waals surface area contributed by atoms with Gasteiger partial charge < -0.3 is 5.32 Å². The van der Waals surface area contributed by atoms with E-state index in [4.69, 9.17) is 0 Å². The molecule has 0 aliphatic carbocycles. The zero-order valence-electron chi connectivity index (χ0n) is 9.80. The number of rotatable bonds is 9. The van der Waals surface area contributed by atoms with Crippen LogP contribution in [0.15, 0.2) is 15.9 Å². The second kappa shape index (κ2) is 9.51. The number of thioether (sulfide) groups is 1. The Morgan fingerprint density at radius 2 is 2.12 bits per heavy atom. The SMILES string of the molecule is CSCCCCCCNCc1cc(Br)cs1. The lowest BCUT2D eigenvalue weighted by atomic mass is 10.2. The Kier molecular flexibility index (Phi) is 8.65. The predicted molar refractivity (Wildman–Crippen MR) is 80.6 cm³/mol. The Labute approximate surface area is 116 Å². The molecule has 0 saturated carbocycles. The Bertz CT molecular complexity index is 276. The van der Waals surface area contributed by atoms with Gasteiger partial charge in [0, 0.05) is 21.3 Å². The van der Waals surface area contributed by atoms with Crippen molar-refractivity contribution in [2.45, 2.75) is 32.2 Å². The van der Waals surface area contributed by atoms with Gasteiger partial charge in [-0.05, 0) is 53.4 Å². The van der Waals surface area contributed by atoms with Crippen LogP contribution in [0.1, 0.15) is 30.6 Å². The molecule has 0 aliphatic rings. The van der Waals surface area contributed by atoms with Crippen LogP contribution in [0.3, 0.4) is 0 Å². The fourth-order valence-corrected chi connectivity index (χ4v) is 3.42. The molecule has 0 unspecified atom stereocenters. The van der Waals surface area contributed by atoms with E-state index in [0.717, 1.165) is 13.1 Å². The molecule has 1 nitrogen and oxygen atoms in total. The highest BCUT2D eigenvalue weighted by molar-refractivity contribution is 9.10. The summed E-state index contributed by atoms with van der Waals surface area (Å²) in [4.78, 5) is 1.41. The van der Waals surface area contributed by atoms with Gasteiger partial charge in [0.15, 0.2) is 0 Å². The lowest BCUT2D eigenvalue weighted by molar-refractivity contribution is 0.602. The average molecular weight is 322 g/mol. The summed E-state index contributed by atoms with van der Waals surface area (Å²) in [5.74, 6) is 1.32. The van der Waals surface area contributed by atoms with Gasteiger partial charge in [0.1, 0.15) is 0 Å². The quantitative estimate of drug-likeness (QED) is 0.671. The van der Waals surface area contributed by atoms with Crippen molar-refractivity contribution < 1.29 is 0 Å². The molecule has 0 bridgehead atoms. The van der Waals surface area contributed by atoms with Crippen LogP contribution in [0.4, 0.5) is 0 Å². The smallest absolute Gasteiger partial charge is 0.0300 e. The van der Waals surface area contributed by atoms with Gasteiger partial charge in [-0.3, -0.25) is 0 Å². The van der Waals surface area contributed by atoms with E-state index in [0.29, 0.717) is 0 Å². The molecule has 0 fully saturated rings. The maximum Gasteiger partial charge on any atom is 0.0300 e. The minimum absolute atomic E-state index is 1.01. The molecule has 0 amide bonds. The maximum absolute atomic E-state index is 3.49. The second-order valence-electron chi connectivity index (χ2n) is 3.82. The third kappa shape index (κ3) is 6.94. The minimum atomic E-state index is 1.01. The summed E-state index contributed by atoms with van der Waals surface area (Å²) in [6, 6.07) is 2.19. The summed E-state index contributed by atoms with van der Waals surface area (Å²) in [6.07, 6.45) is 7.61. The minimum Gasteiger partial charge on any atom is -0.312 e. The molecule has 1 rings (SSSR count). The molecule has 1 aromatic heterocycles. The summed E-state index contributed by atoms with van der Waals surface area (Å²) in [5, 5.41) is 5.63. The molecule has 0 atom stereocenters. The Balaban J connectivity index is 1.88. The van der Waals surface area contributed by atoms with Gasteiger partial charge in [0.2, 0.25) is 0 Å². The van der Waals surface area contributed by atoms with E-state index in [1.54, 1.807) is 0 Å². The van der Waals surface area contributed by atoms with Crippen molar-refractivity contribution in [3.63, 3.8) is 0 Å². The predicted octanol–water partition coefficient (Wildman–Crippen LogP) is 4.52. The molecule has 4 heteroatoms. The first-order valence-electron chi connectivity index (χ1n) is 5.75. The van der Waals surface area contributed by atoms with E-state index >= 15 is 0 Å². The summed E-state index contributed by atoms with van der Waals surface area (Å²) in [6.45, 7) is 2.16. The van der Waals surface area contributed by atoms with Gasteiger partial charge in [-0.2, -0.15) is 11.8 Å². The first-order valence-corrected chi connectivity index (χ1v) is 8.82. The lowest BCUT2D eigenvalue weighted by Crippen LogP contribution is -2.13. The number of halogens is 1. The maximum atomic E-state index is 3.49. The fourth-order valence-electron chi connectivity index (χ4n) is 1.51. The summed E-state index contributed by atoms with van der Waals surface area (Å²) in [7, 11) is 0. The van der Waals surface area contributed by atoms with E-state index in [1.165, 1.54) is 40.8 Å². The Morgan fingerprint density at radius 3 is 2.81 bits per heavy atom. The fraction of sp³-hybridized carbons (Fsp3) is 0.667. The highest BCUT2D eigenvalue weighted by Gasteiger charge is 1.96. The molecule has 92 valence electrons. The van der Waals surface area contributed by atoms with Crippen molar-refractivity contribution in [2.75, 3.05) is 18.6 Å². The highest BCUT2D eigenvalue weighted by atomic mass is 79.9. The van der Waals surface area contributed by atoms with E-state index in [2.05, 4.69) is 38.9 Å². The topological polar surface area (TPSA) is 12.0 Å². The van der Waals surface area contributed by atoms with Crippen LogP contribution >= 0.6 is 39.0 Å². The first-order chi connectivity index (χ1) is 7.83. The third-order valence-electron chi connectivity index (χ3n) is 2.37. The van der Waals surface area contributed by atoms with Gasteiger partial charge in [0.25, 0.3) is 0 Å². The van der Waals surface area contributed by atoms with Crippen molar-refractivity contribution in [3.8, 4) is 0 Å².